The van der Waals surface area contributed by atoms with Crippen LogP contribution in [0, 0.1) is 12.8 Å². The van der Waals surface area contributed by atoms with Crippen LogP contribution in [0.15, 0.2) is 90.5 Å². The fraction of sp³-hybridized carbons (Fsp3) is 0.333. The molecule has 0 saturated carbocycles. The number of carboxylic acid groups (broad SMARTS) is 1. The number of para-hydroxylation sites is 1. The maximum atomic E-state index is 12.1. The van der Waals surface area contributed by atoms with E-state index in [-0.39, 0.29) is 24.9 Å². The van der Waals surface area contributed by atoms with Gasteiger partial charge in [0.05, 0.1) is 0 Å². The number of ketones is 1. The second kappa shape index (κ2) is 20.1. The van der Waals surface area contributed by atoms with Crippen molar-refractivity contribution < 1.29 is 19.8 Å². The number of halogens is 1. The lowest BCUT2D eigenvalue weighted by Crippen LogP contribution is -2.09. The van der Waals surface area contributed by atoms with Gasteiger partial charge in [0.1, 0.15) is 5.75 Å². The summed E-state index contributed by atoms with van der Waals surface area (Å²) in [6.07, 6.45) is 5.93. The van der Waals surface area contributed by atoms with Gasteiger partial charge in [-0.15, -0.1) is 0 Å². The largest absolute Gasteiger partial charge is 0.507 e. The first-order chi connectivity index (χ1) is 20.5. The third-order valence-electron chi connectivity index (χ3n) is 7.22. The Balaban J connectivity index is 0.000000930. The molecule has 0 spiro atoms. The zero-order valence-corrected chi connectivity index (χ0v) is 27.7. The summed E-state index contributed by atoms with van der Waals surface area (Å²) in [5.41, 5.74) is 7.37. The minimum Gasteiger partial charge on any atom is -0.507 e. The van der Waals surface area contributed by atoms with Crippen molar-refractivity contribution in [1.29, 1.82) is 0 Å². The van der Waals surface area contributed by atoms with E-state index in [0.717, 1.165) is 51.8 Å². The molecule has 0 aliphatic carbocycles. The number of aryl methyl sites for hydroxylation is 1. The SMILES string of the molecule is C.C/C=C(\C=C(\C(=O)O)C(C)CC)CC.C=C(C(=O)CC)c1cc(-c2ccc(-c3ccccc3O)cc2)c(Cl)cc1C.CC. The van der Waals surface area contributed by atoms with Crippen molar-refractivity contribution in [3.63, 3.8) is 0 Å². The third-order valence-corrected chi connectivity index (χ3v) is 7.53. The summed E-state index contributed by atoms with van der Waals surface area (Å²) in [5, 5.41) is 19.7. The highest BCUT2D eigenvalue weighted by atomic mass is 35.5. The molecule has 3 aromatic carbocycles. The standard InChI is InChI=1S/C24H21ClO2.C12H20O2.C2H6.CH4/c1-4-23(26)16(3)20-14-21(22(25)13-15(20)2)18-11-9-17(10-12-18)19-7-5-6-8-24(19)27;1-5-9(4)11(12(13)14)8-10(6-2)7-3;1-2;/h5-14,27H,3-4H2,1-2H3;6,8-9H,5,7H2,1-4H3,(H,13,14);1-2H3;1H4/b;10-6-,11-8+;;. The Kier molecular flexibility index (Phi) is 18.4. The molecule has 5 heteroatoms. The summed E-state index contributed by atoms with van der Waals surface area (Å²) in [6.45, 7) is 19.6. The van der Waals surface area contributed by atoms with Crippen LogP contribution in [0.2, 0.25) is 5.02 Å². The minimum atomic E-state index is -0.799. The lowest BCUT2D eigenvalue weighted by molar-refractivity contribution is -0.133. The number of carboxylic acids is 1. The fourth-order valence-electron chi connectivity index (χ4n) is 4.35. The number of phenols is 1. The molecule has 1 unspecified atom stereocenters. The molecular weight excluding hydrogens is 568 g/mol. The van der Waals surface area contributed by atoms with Crippen LogP contribution in [-0.2, 0) is 9.59 Å². The van der Waals surface area contributed by atoms with Gasteiger partial charge >= 0.3 is 5.97 Å². The first-order valence-electron chi connectivity index (χ1n) is 15.0. The summed E-state index contributed by atoms with van der Waals surface area (Å²) in [6, 6.07) is 18.9. The predicted octanol–water partition coefficient (Wildman–Crippen LogP) is 11.7. The van der Waals surface area contributed by atoms with E-state index < -0.39 is 5.97 Å². The van der Waals surface area contributed by atoms with Crippen molar-refractivity contribution in [2.24, 2.45) is 5.92 Å². The Morgan fingerprint density at radius 1 is 0.932 bits per heavy atom. The van der Waals surface area contributed by atoms with Gasteiger partial charge in [-0.3, -0.25) is 4.79 Å². The van der Waals surface area contributed by atoms with Crippen LogP contribution in [0.25, 0.3) is 27.8 Å². The molecule has 0 aliphatic heterocycles. The van der Waals surface area contributed by atoms with Crippen molar-refractivity contribution in [3.8, 4) is 28.0 Å². The molecule has 238 valence electrons. The summed E-state index contributed by atoms with van der Waals surface area (Å²) in [4.78, 5) is 23.0. The number of phenolic OH excluding ortho intramolecular Hbond substituents is 1. The molecule has 0 bridgehead atoms. The van der Waals surface area contributed by atoms with Crippen LogP contribution in [0.1, 0.15) is 86.3 Å². The molecule has 0 aromatic heterocycles. The Morgan fingerprint density at radius 2 is 1.48 bits per heavy atom. The zero-order chi connectivity index (χ0) is 32.7. The summed E-state index contributed by atoms with van der Waals surface area (Å²) in [7, 11) is 0. The third kappa shape index (κ3) is 11.0. The van der Waals surface area contributed by atoms with Crippen molar-refractivity contribution in [2.75, 3.05) is 0 Å². The highest BCUT2D eigenvalue weighted by Crippen LogP contribution is 2.35. The van der Waals surface area contributed by atoms with E-state index >= 15 is 0 Å². The van der Waals surface area contributed by atoms with Crippen LogP contribution in [-0.4, -0.2) is 22.0 Å². The minimum absolute atomic E-state index is 0. The highest BCUT2D eigenvalue weighted by Gasteiger charge is 2.15. The summed E-state index contributed by atoms with van der Waals surface area (Å²) in [5.74, 6) is -0.405. The van der Waals surface area contributed by atoms with Crippen molar-refractivity contribution in [1.82, 2.24) is 0 Å². The number of hydrogen-bond acceptors (Lipinski definition) is 3. The van der Waals surface area contributed by atoms with E-state index in [1.165, 1.54) is 0 Å². The average Bonchev–Trinajstić information content (AvgIpc) is 3.02. The number of aromatic hydroxyl groups is 1. The highest BCUT2D eigenvalue weighted by molar-refractivity contribution is 6.33. The number of hydrogen-bond donors (Lipinski definition) is 2. The topological polar surface area (TPSA) is 74.6 Å². The molecule has 2 N–H and O–H groups in total. The number of rotatable bonds is 10. The van der Waals surface area contributed by atoms with Crippen LogP contribution in [0.4, 0.5) is 0 Å². The maximum absolute atomic E-state index is 12.1. The number of Topliss-reactive ketones (excluding diaryl/α,β-unsaturated/α-hetero) is 1. The molecule has 44 heavy (non-hydrogen) atoms. The Labute approximate surface area is 270 Å². The Bertz CT molecular complexity index is 1450. The van der Waals surface area contributed by atoms with E-state index in [4.69, 9.17) is 16.7 Å². The van der Waals surface area contributed by atoms with Gasteiger partial charge < -0.3 is 10.2 Å². The first-order valence-corrected chi connectivity index (χ1v) is 15.4. The number of aliphatic carboxylic acids is 1. The average molecular weight is 619 g/mol. The molecule has 0 fully saturated rings. The molecule has 0 radical (unpaired) electrons. The lowest BCUT2D eigenvalue weighted by atomic mass is 9.92. The van der Waals surface area contributed by atoms with Crippen molar-refractivity contribution >= 4 is 28.9 Å². The van der Waals surface area contributed by atoms with Gasteiger partial charge in [0.25, 0.3) is 0 Å². The van der Waals surface area contributed by atoms with E-state index in [1.54, 1.807) is 18.2 Å². The van der Waals surface area contributed by atoms with E-state index in [0.29, 0.717) is 22.6 Å². The summed E-state index contributed by atoms with van der Waals surface area (Å²) >= 11 is 6.48. The van der Waals surface area contributed by atoms with Gasteiger partial charge in [0.15, 0.2) is 5.78 Å². The molecule has 3 rings (SSSR count). The van der Waals surface area contributed by atoms with Gasteiger partial charge in [-0.2, -0.15) is 0 Å². The van der Waals surface area contributed by atoms with Crippen LogP contribution in [0.3, 0.4) is 0 Å². The number of allylic oxidation sites excluding steroid dienone is 4. The number of carbonyl (C=O) groups excluding carboxylic acids is 1. The van der Waals surface area contributed by atoms with Crippen LogP contribution < -0.4 is 0 Å². The lowest BCUT2D eigenvalue weighted by Gasteiger charge is -2.13. The zero-order valence-electron chi connectivity index (χ0n) is 26.9. The molecule has 0 aliphatic rings. The molecule has 0 saturated heterocycles. The monoisotopic (exact) mass is 618 g/mol. The van der Waals surface area contributed by atoms with E-state index in [9.17, 15) is 14.7 Å². The first kappa shape index (κ1) is 40.1. The van der Waals surface area contributed by atoms with Crippen LogP contribution >= 0.6 is 11.6 Å². The second-order valence-electron chi connectivity index (χ2n) is 9.93. The molecular formula is C39H51ClO4. The van der Waals surface area contributed by atoms with Gasteiger partial charge in [-0.1, -0.05) is 121 Å². The van der Waals surface area contributed by atoms with Crippen molar-refractivity contribution in [3.05, 3.63) is 107 Å². The van der Waals surface area contributed by atoms with E-state index in [2.05, 4.69) is 6.58 Å². The Morgan fingerprint density at radius 3 is 1.93 bits per heavy atom. The Hall–Kier alpha value is -3.89. The van der Waals surface area contributed by atoms with Gasteiger partial charge in [0, 0.05) is 33.7 Å². The predicted molar refractivity (Wildman–Crippen MR) is 190 cm³/mol. The van der Waals surface area contributed by atoms with Crippen LogP contribution in [0.5, 0.6) is 5.75 Å². The van der Waals surface area contributed by atoms with Crippen molar-refractivity contribution in [2.45, 2.75) is 82.1 Å². The van der Waals surface area contributed by atoms with Gasteiger partial charge in [-0.05, 0) is 79.1 Å². The quantitative estimate of drug-likeness (QED) is 0.175. The molecule has 0 amide bonds. The van der Waals surface area contributed by atoms with Gasteiger partial charge in [-0.25, -0.2) is 4.79 Å². The van der Waals surface area contributed by atoms with E-state index in [1.807, 2.05) is 110 Å². The molecule has 1 atom stereocenters. The summed E-state index contributed by atoms with van der Waals surface area (Å²) < 4.78 is 0. The normalized spacial score (nSPS) is 11.6. The maximum Gasteiger partial charge on any atom is 0.331 e. The van der Waals surface area contributed by atoms with Gasteiger partial charge in [0.2, 0.25) is 0 Å². The molecule has 0 heterocycles. The second-order valence-corrected chi connectivity index (χ2v) is 10.3. The molecule has 3 aromatic rings. The number of carbonyl (C=O) groups is 2. The molecule has 4 nitrogen and oxygen atoms in total. The number of benzene rings is 3. The smallest absolute Gasteiger partial charge is 0.331 e. The fourth-order valence-corrected chi connectivity index (χ4v) is 4.68.